The summed E-state index contributed by atoms with van der Waals surface area (Å²) in [5.74, 6) is 0.695. The first-order valence-electron chi connectivity index (χ1n) is 7.39. The second kappa shape index (κ2) is 6.76. The molecule has 0 spiro atoms. The zero-order valence-corrected chi connectivity index (χ0v) is 12.9. The van der Waals surface area contributed by atoms with Gasteiger partial charge >= 0.3 is 0 Å². The maximum atomic E-state index is 9.13. The van der Waals surface area contributed by atoms with Gasteiger partial charge in [-0.05, 0) is 42.3 Å². The van der Waals surface area contributed by atoms with Gasteiger partial charge in [-0.2, -0.15) is 5.26 Å². The summed E-state index contributed by atoms with van der Waals surface area (Å²) < 4.78 is 5.98. The van der Waals surface area contributed by atoms with Crippen molar-refractivity contribution in [3.63, 3.8) is 0 Å². The molecular weight excluding hydrogens is 284 g/mol. The predicted octanol–water partition coefficient (Wildman–Crippen LogP) is 4.51. The third-order valence-corrected chi connectivity index (χ3v) is 3.53. The van der Waals surface area contributed by atoms with Crippen LogP contribution in [0.25, 0.3) is 11.1 Å². The summed E-state index contributed by atoms with van der Waals surface area (Å²) >= 11 is 0. The third kappa shape index (κ3) is 3.56. The van der Waals surface area contributed by atoms with Gasteiger partial charge in [-0.25, -0.2) is 0 Å². The van der Waals surface area contributed by atoms with E-state index in [0.29, 0.717) is 17.9 Å². The molecule has 0 aliphatic rings. The van der Waals surface area contributed by atoms with E-state index in [1.165, 1.54) is 0 Å². The Morgan fingerprint density at radius 1 is 1.04 bits per heavy atom. The fourth-order valence-electron chi connectivity index (χ4n) is 2.39. The highest BCUT2D eigenvalue weighted by Crippen LogP contribution is 2.31. The van der Waals surface area contributed by atoms with Crippen molar-refractivity contribution >= 4 is 0 Å². The smallest absolute Gasteiger partial charge is 0.129 e. The van der Waals surface area contributed by atoms with Crippen molar-refractivity contribution < 1.29 is 4.74 Å². The lowest BCUT2D eigenvalue weighted by Crippen LogP contribution is -1.98. The van der Waals surface area contributed by atoms with Crippen molar-refractivity contribution in [2.75, 3.05) is 0 Å². The van der Waals surface area contributed by atoms with Gasteiger partial charge in [-0.15, -0.1) is 0 Å². The molecule has 0 saturated heterocycles. The second-order valence-corrected chi connectivity index (χ2v) is 5.35. The fourth-order valence-corrected chi connectivity index (χ4v) is 2.39. The first-order valence-corrected chi connectivity index (χ1v) is 7.39. The predicted molar refractivity (Wildman–Crippen MR) is 89.9 cm³/mol. The summed E-state index contributed by atoms with van der Waals surface area (Å²) in [7, 11) is 0. The van der Waals surface area contributed by atoms with Crippen LogP contribution in [0.1, 0.15) is 16.7 Å². The molecule has 3 nitrogen and oxygen atoms in total. The van der Waals surface area contributed by atoms with Gasteiger partial charge in [-0.1, -0.05) is 30.3 Å². The average molecular weight is 300 g/mol. The first kappa shape index (κ1) is 14.8. The third-order valence-electron chi connectivity index (χ3n) is 3.53. The minimum Gasteiger partial charge on any atom is -0.488 e. The summed E-state index contributed by atoms with van der Waals surface area (Å²) in [4.78, 5) is 4.24. The van der Waals surface area contributed by atoms with Gasteiger partial charge in [0.25, 0.3) is 0 Å². The molecule has 0 radical (unpaired) electrons. The summed E-state index contributed by atoms with van der Waals surface area (Å²) in [5.41, 5.74) is 4.68. The minimum atomic E-state index is 0.460. The Labute approximate surface area is 135 Å². The normalized spacial score (nSPS) is 10.1. The Kier molecular flexibility index (Phi) is 4.35. The van der Waals surface area contributed by atoms with Gasteiger partial charge in [0.2, 0.25) is 0 Å². The molecule has 1 heterocycles. The highest BCUT2D eigenvalue weighted by atomic mass is 16.5. The lowest BCUT2D eigenvalue weighted by molar-refractivity contribution is 0.307. The van der Waals surface area contributed by atoms with E-state index in [0.717, 1.165) is 22.3 Å². The van der Waals surface area contributed by atoms with Gasteiger partial charge in [-0.3, -0.25) is 4.98 Å². The van der Waals surface area contributed by atoms with Gasteiger partial charge in [0.15, 0.2) is 0 Å². The van der Waals surface area contributed by atoms with E-state index >= 15 is 0 Å². The van der Waals surface area contributed by atoms with E-state index in [1.54, 1.807) is 12.1 Å². The lowest BCUT2D eigenvalue weighted by atomic mass is 10.0. The van der Waals surface area contributed by atoms with Crippen LogP contribution < -0.4 is 4.74 Å². The molecule has 0 aliphatic heterocycles. The van der Waals surface area contributed by atoms with Crippen LogP contribution in [0.2, 0.25) is 0 Å². The van der Waals surface area contributed by atoms with Gasteiger partial charge < -0.3 is 4.74 Å². The number of pyridine rings is 1. The van der Waals surface area contributed by atoms with E-state index in [9.17, 15) is 0 Å². The topological polar surface area (TPSA) is 45.9 Å². The Morgan fingerprint density at radius 3 is 2.61 bits per heavy atom. The Balaban J connectivity index is 1.95. The van der Waals surface area contributed by atoms with Crippen molar-refractivity contribution in [1.82, 2.24) is 4.98 Å². The van der Waals surface area contributed by atoms with E-state index in [2.05, 4.69) is 17.1 Å². The monoisotopic (exact) mass is 300 g/mol. The Bertz CT molecular complexity index is 851. The molecule has 1 aromatic heterocycles. The molecule has 0 atom stereocenters. The number of hydrogen-bond acceptors (Lipinski definition) is 3. The maximum Gasteiger partial charge on any atom is 0.129 e. The van der Waals surface area contributed by atoms with Crippen LogP contribution in [0, 0.1) is 18.3 Å². The number of rotatable bonds is 4. The van der Waals surface area contributed by atoms with E-state index < -0.39 is 0 Å². The van der Waals surface area contributed by atoms with Crippen LogP contribution in [0.3, 0.4) is 0 Å². The molecule has 2 aromatic carbocycles. The molecule has 0 N–H and O–H groups in total. The van der Waals surface area contributed by atoms with E-state index in [1.807, 2.05) is 55.7 Å². The first-order chi connectivity index (χ1) is 11.3. The fraction of sp³-hybridized carbons (Fsp3) is 0.100. The van der Waals surface area contributed by atoms with Gasteiger partial charge in [0.1, 0.15) is 12.4 Å². The van der Waals surface area contributed by atoms with Crippen LogP contribution in [-0.2, 0) is 6.61 Å². The molecule has 0 aliphatic carbocycles. The van der Waals surface area contributed by atoms with Gasteiger partial charge in [0.05, 0.1) is 11.6 Å². The molecule has 0 unspecified atom stereocenters. The van der Waals surface area contributed by atoms with Crippen LogP contribution in [-0.4, -0.2) is 4.98 Å². The standard InChI is InChI=1S/C20H16N2O/c1-15-9-18(13-22-12-15)19-8-7-17(11-21)10-20(19)23-14-16-5-3-2-4-6-16/h2-10,12-13H,14H2,1H3. The van der Waals surface area contributed by atoms with Crippen molar-refractivity contribution in [2.45, 2.75) is 13.5 Å². The van der Waals surface area contributed by atoms with Crippen LogP contribution in [0.5, 0.6) is 5.75 Å². The highest BCUT2D eigenvalue weighted by molar-refractivity contribution is 5.71. The van der Waals surface area contributed by atoms with Crippen molar-refractivity contribution in [2.24, 2.45) is 0 Å². The Morgan fingerprint density at radius 2 is 1.87 bits per heavy atom. The summed E-state index contributed by atoms with van der Waals surface area (Å²) in [6, 6.07) is 19.7. The molecule has 23 heavy (non-hydrogen) atoms. The average Bonchev–Trinajstić information content (AvgIpc) is 2.60. The lowest BCUT2D eigenvalue weighted by Gasteiger charge is -2.12. The van der Waals surface area contributed by atoms with Crippen LogP contribution in [0.15, 0.2) is 67.0 Å². The van der Waals surface area contributed by atoms with Crippen LogP contribution in [0.4, 0.5) is 0 Å². The number of nitriles is 1. The van der Waals surface area contributed by atoms with Crippen molar-refractivity contribution in [3.8, 4) is 22.9 Å². The number of ether oxygens (including phenoxy) is 1. The molecule has 3 aromatic rings. The zero-order chi connectivity index (χ0) is 16.1. The molecule has 3 heteroatoms. The number of aromatic nitrogens is 1. The molecule has 0 saturated carbocycles. The largest absolute Gasteiger partial charge is 0.488 e. The number of aryl methyl sites for hydroxylation is 1. The number of nitrogens with zero attached hydrogens (tertiary/aromatic N) is 2. The second-order valence-electron chi connectivity index (χ2n) is 5.35. The molecule has 0 fully saturated rings. The maximum absolute atomic E-state index is 9.13. The Hall–Kier alpha value is -3.12. The molecule has 112 valence electrons. The van der Waals surface area contributed by atoms with Gasteiger partial charge in [0, 0.05) is 23.5 Å². The molecule has 3 rings (SSSR count). The van der Waals surface area contributed by atoms with Crippen LogP contribution >= 0.6 is 0 Å². The minimum absolute atomic E-state index is 0.460. The highest BCUT2D eigenvalue weighted by Gasteiger charge is 2.09. The molecular formula is C20H16N2O. The van der Waals surface area contributed by atoms with E-state index in [-0.39, 0.29) is 0 Å². The molecule has 0 bridgehead atoms. The van der Waals surface area contributed by atoms with Crippen molar-refractivity contribution in [3.05, 3.63) is 83.7 Å². The molecule has 0 amide bonds. The van der Waals surface area contributed by atoms with E-state index in [4.69, 9.17) is 10.00 Å². The van der Waals surface area contributed by atoms with Crippen molar-refractivity contribution in [1.29, 1.82) is 5.26 Å². The summed E-state index contributed by atoms with van der Waals surface area (Å²) in [6.45, 7) is 2.46. The number of hydrogen-bond donors (Lipinski definition) is 0. The number of benzene rings is 2. The summed E-state index contributed by atoms with van der Waals surface area (Å²) in [6.07, 6.45) is 3.63. The summed E-state index contributed by atoms with van der Waals surface area (Å²) in [5, 5.41) is 9.13. The zero-order valence-electron chi connectivity index (χ0n) is 12.9. The quantitative estimate of drug-likeness (QED) is 0.712. The SMILES string of the molecule is Cc1cncc(-c2ccc(C#N)cc2OCc2ccccc2)c1.